The van der Waals surface area contributed by atoms with Crippen molar-refractivity contribution in [3.05, 3.63) is 14.7 Å². The molecular weight excluding hydrogens is 346 g/mol. The first-order valence-corrected chi connectivity index (χ1v) is 9.75. The first-order chi connectivity index (χ1) is 8.90. The van der Waals surface area contributed by atoms with Crippen molar-refractivity contribution < 1.29 is 8.42 Å². The Morgan fingerprint density at radius 3 is 2.58 bits per heavy atom. The van der Waals surface area contributed by atoms with E-state index in [0.29, 0.717) is 17.4 Å². The van der Waals surface area contributed by atoms with Crippen molar-refractivity contribution in [3.63, 3.8) is 0 Å². The number of thiophene rings is 1. The van der Waals surface area contributed by atoms with Crippen molar-refractivity contribution in [2.24, 2.45) is 5.92 Å². The van der Waals surface area contributed by atoms with E-state index in [1.807, 2.05) is 6.92 Å². The maximum absolute atomic E-state index is 12.2. The second-order valence-corrected chi connectivity index (χ2v) is 9.11. The Morgan fingerprint density at radius 2 is 2.11 bits per heavy atom. The second-order valence-electron chi connectivity index (χ2n) is 4.74. The average Bonchev–Trinajstić information content (AvgIpc) is 2.69. The molecule has 0 saturated heterocycles. The quantitative estimate of drug-likeness (QED) is 0.743. The summed E-state index contributed by atoms with van der Waals surface area (Å²) in [5.41, 5.74) is 0. The van der Waals surface area contributed by atoms with E-state index in [4.69, 9.17) is 0 Å². The summed E-state index contributed by atoms with van der Waals surface area (Å²) in [7, 11) is -3.37. The van der Waals surface area contributed by atoms with Crippen LogP contribution in [0.1, 0.15) is 44.4 Å². The smallest absolute Gasteiger partial charge is 0.211 e. The molecule has 1 rings (SSSR count). The van der Waals surface area contributed by atoms with Gasteiger partial charge in [-0.1, -0.05) is 33.1 Å². The second kappa shape index (κ2) is 7.76. The minimum Gasteiger partial charge on any atom is -0.211 e. The summed E-state index contributed by atoms with van der Waals surface area (Å²) in [5, 5.41) is 0. The van der Waals surface area contributed by atoms with Crippen molar-refractivity contribution in [2.75, 3.05) is 6.54 Å². The Hall–Kier alpha value is 0.0900. The van der Waals surface area contributed by atoms with Gasteiger partial charge < -0.3 is 0 Å². The molecule has 1 heterocycles. The molecular formula is C13H22BrNO2S2. The number of sulfonamides is 1. The van der Waals surface area contributed by atoms with Gasteiger partial charge in [0.1, 0.15) is 0 Å². The molecule has 6 heteroatoms. The van der Waals surface area contributed by atoms with E-state index in [1.165, 1.54) is 11.3 Å². The normalized spacial score (nSPS) is 13.7. The number of hydrogen-bond acceptors (Lipinski definition) is 3. The molecule has 3 nitrogen and oxygen atoms in total. The van der Waals surface area contributed by atoms with E-state index in [-0.39, 0.29) is 0 Å². The molecule has 0 spiro atoms. The van der Waals surface area contributed by atoms with Crippen LogP contribution in [0.2, 0.25) is 0 Å². The highest BCUT2D eigenvalue weighted by molar-refractivity contribution is 9.11. The minimum absolute atomic E-state index is 0.398. The molecule has 0 aliphatic heterocycles. The van der Waals surface area contributed by atoms with Gasteiger partial charge in [0, 0.05) is 11.4 Å². The highest BCUT2D eigenvalue weighted by atomic mass is 79.9. The van der Waals surface area contributed by atoms with Crippen molar-refractivity contribution in [1.29, 1.82) is 0 Å². The lowest BCUT2D eigenvalue weighted by molar-refractivity contribution is 0.443. The molecule has 0 radical (unpaired) electrons. The van der Waals surface area contributed by atoms with Gasteiger partial charge in [-0.3, -0.25) is 0 Å². The number of unbranched alkanes of at least 4 members (excludes halogenated alkanes) is 1. The van der Waals surface area contributed by atoms with E-state index < -0.39 is 10.0 Å². The summed E-state index contributed by atoms with van der Waals surface area (Å²) in [6, 6.07) is 1.68. The lowest BCUT2D eigenvalue weighted by Crippen LogP contribution is -2.29. The maximum atomic E-state index is 12.2. The first kappa shape index (κ1) is 17.1. The zero-order valence-corrected chi connectivity index (χ0v) is 14.9. The highest BCUT2D eigenvalue weighted by Gasteiger charge is 2.20. The van der Waals surface area contributed by atoms with Crippen LogP contribution < -0.4 is 4.72 Å². The number of hydrogen-bond donors (Lipinski definition) is 1. The van der Waals surface area contributed by atoms with Gasteiger partial charge in [-0.25, -0.2) is 13.1 Å². The third kappa shape index (κ3) is 5.17. The van der Waals surface area contributed by atoms with Crippen LogP contribution in [0.3, 0.4) is 0 Å². The van der Waals surface area contributed by atoms with E-state index in [9.17, 15) is 8.42 Å². The molecule has 110 valence electrons. The summed E-state index contributed by atoms with van der Waals surface area (Å²) in [4.78, 5) is 1.22. The Kier molecular flexibility index (Phi) is 7.00. The maximum Gasteiger partial charge on any atom is 0.241 e. The van der Waals surface area contributed by atoms with Crippen molar-refractivity contribution in [2.45, 2.75) is 51.3 Å². The number of nitrogens with one attached hydrogen (secondary N) is 1. The lowest BCUT2D eigenvalue weighted by Gasteiger charge is -2.15. The average molecular weight is 368 g/mol. The Labute approximate surface area is 129 Å². The van der Waals surface area contributed by atoms with Gasteiger partial charge in [0.05, 0.1) is 8.68 Å². The predicted molar refractivity (Wildman–Crippen MR) is 85.3 cm³/mol. The fourth-order valence-corrected chi connectivity index (χ4v) is 5.47. The molecule has 0 aromatic carbocycles. The Balaban J connectivity index is 2.67. The summed E-state index contributed by atoms with van der Waals surface area (Å²) in [5.74, 6) is 0.428. The van der Waals surface area contributed by atoms with Crippen LogP contribution in [0, 0.1) is 12.8 Å². The van der Waals surface area contributed by atoms with Crippen LogP contribution in [-0.2, 0) is 10.0 Å². The number of aryl methyl sites for hydroxylation is 1. The van der Waals surface area contributed by atoms with E-state index in [1.54, 1.807) is 6.07 Å². The SMILES string of the molecule is CCCCC(CC)CNS(=O)(=O)c1cc(Br)sc1C. The van der Waals surface area contributed by atoms with Gasteiger partial charge in [-0.2, -0.15) is 0 Å². The monoisotopic (exact) mass is 367 g/mol. The summed E-state index contributed by atoms with van der Waals surface area (Å²) in [6.07, 6.45) is 4.40. The zero-order valence-electron chi connectivity index (χ0n) is 11.7. The molecule has 1 N–H and O–H groups in total. The molecule has 0 aliphatic carbocycles. The molecule has 0 amide bonds. The minimum atomic E-state index is -3.37. The summed E-state index contributed by atoms with van der Waals surface area (Å²) < 4.78 is 28.1. The van der Waals surface area contributed by atoms with E-state index in [2.05, 4.69) is 34.5 Å². The fourth-order valence-electron chi connectivity index (χ4n) is 1.95. The fraction of sp³-hybridized carbons (Fsp3) is 0.692. The van der Waals surface area contributed by atoms with Crippen LogP contribution in [-0.4, -0.2) is 15.0 Å². The summed E-state index contributed by atoms with van der Waals surface area (Å²) in [6.45, 7) is 6.63. The largest absolute Gasteiger partial charge is 0.241 e. The van der Waals surface area contributed by atoms with Gasteiger partial charge in [0.25, 0.3) is 0 Å². The van der Waals surface area contributed by atoms with Gasteiger partial charge in [0.2, 0.25) is 10.0 Å². The number of halogens is 1. The molecule has 19 heavy (non-hydrogen) atoms. The zero-order chi connectivity index (χ0) is 14.5. The molecule has 0 saturated carbocycles. The standard InChI is InChI=1S/C13H22BrNO2S2/c1-4-6-7-11(5-2)9-15-19(16,17)12-8-13(14)18-10(12)3/h8,11,15H,4-7,9H2,1-3H3. The van der Waals surface area contributed by atoms with Gasteiger partial charge >= 0.3 is 0 Å². The van der Waals surface area contributed by atoms with Crippen molar-refractivity contribution in [1.82, 2.24) is 4.72 Å². The predicted octanol–water partition coefficient (Wildman–Crippen LogP) is 4.31. The van der Waals surface area contributed by atoms with E-state index >= 15 is 0 Å². The van der Waals surface area contributed by atoms with Gasteiger partial charge in [-0.05, 0) is 41.3 Å². The lowest BCUT2D eigenvalue weighted by atomic mass is 10.00. The van der Waals surface area contributed by atoms with Crippen molar-refractivity contribution >= 4 is 37.3 Å². The van der Waals surface area contributed by atoms with Crippen LogP contribution >= 0.6 is 27.3 Å². The summed E-state index contributed by atoms with van der Waals surface area (Å²) >= 11 is 4.78. The number of rotatable bonds is 8. The molecule has 1 aromatic rings. The van der Waals surface area contributed by atoms with Crippen LogP contribution in [0.25, 0.3) is 0 Å². The molecule has 0 aliphatic rings. The van der Waals surface area contributed by atoms with Crippen molar-refractivity contribution in [3.8, 4) is 0 Å². The molecule has 1 atom stereocenters. The van der Waals surface area contributed by atoms with Gasteiger partial charge in [-0.15, -0.1) is 11.3 Å². The third-order valence-corrected chi connectivity index (χ3v) is 6.47. The van der Waals surface area contributed by atoms with Crippen LogP contribution in [0.15, 0.2) is 14.7 Å². The molecule has 0 bridgehead atoms. The topological polar surface area (TPSA) is 46.2 Å². The highest BCUT2D eigenvalue weighted by Crippen LogP contribution is 2.29. The first-order valence-electron chi connectivity index (χ1n) is 6.66. The molecule has 1 aromatic heterocycles. The molecule has 1 unspecified atom stereocenters. The van der Waals surface area contributed by atoms with Crippen LogP contribution in [0.4, 0.5) is 0 Å². The van der Waals surface area contributed by atoms with E-state index in [0.717, 1.165) is 34.3 Å². The Morgan fingerprint density at radius 1 is 1.42 bits per heavy atom. The third-order valence-electron chi connectivity index (χ3n) is 3.24. The molecule has 0 fully saturated rings. The van der Waals surface area contributed by atoms with Crippen LogP contribution in [0.5, 0.6) is 0 Å². The Bertz CT molecular complexity index is 497. The van der Waals surface area contributed by atoms with Gasteiger partial charge in [0.15, 0.2) is 0 Å².